The van der Waals surface area contributed by atoms with E-state index < -0.39 is 29.5 Å². The molecule has 1 atom stereocenters. The molecule has 0 aliphatic rings. The Morgan fingerprint density at radius 2 is 1.88 bits per heavy atom. The first kappa shape index (κ1) is 17.2. The number of alkyl halides is 3. The standard InChI is InChI=1S/C17H12F5NO2/c1-2-14(16-23-13-7-9(18)3-6-15(13)25-16)24-10-4-5-12(19)11(8-10)17(20,21)22/h3-8,14H,2H2,1H3. The highest BCUT2D eigenvalue weighted by Crippen LogP contribution is 2.35. The molecule has 0 saturated heterocycles. The third kappa shape index (κ3) is 3.57. The van der Waals surface area contributed by atoms with Crippen molar-refractivity contribution < 1.29 is 31.1 Å². The number of benzene rings is 2. The monoisotopic (exact) mass is 357 g/mol. The van der Waals surface area contributed by atoms with Gasteiger partial charge in [0, 0.05) is 6.07 Å². The van der Waals surface area contributed by atoms with Crippen LogP contribution in [0.2, 0.25) is 0 Å². The van der Waals surface area contributed by atoms with Crippen LogP contribution in [-0.4, -0.2) is 4.98 Å². The molecule has 0 fully saturated rings. The van der Waals surface area contributed by atoms with Crippen molar-refractivity contribution in [2.24, 2.45) is 0 Å². The smallest absolute Gasteiger partial charge is 0.419 e. The fraction of sp³-hybridized carbons (Fsp3) is 0.235. The largest absolute Gasteiger partial charge is 0.481 e. The molecule has 8 heteroatoms. The lowest BCUT2D eigenvalue weighted by molar-refractivity contribution is -0.140. The van der Waals surface area contributed by atoms with Crippen molar-refractivity contribution in [2.75, 3.05) is 0 Å². The van der Waals surface area contributed by atoms with Crippen LogP contribution in [0.25, 0.3) is 11.1 Å². The van der Waals surface area contributed by atoms with Crippen LogP contribution in [0.1, 0.15) is 30.9 Å². The van der Waals surface area contributed by atoms with Crippen LogP contribution in [0.15, 0.2) is 40.8 Å². The van der Waals surface area contributed by atoms with E-state index in [0.29, 0.717) is 24.1 Å². The Hall–Kier alpha value is -2.64. The minimum absolute atomic E-state index is 0.0981. The first-order chi connectivity index (χ1) is 11.8. The fourth-order valence-corrected chi connectivity index (χ4v) is 2.32. The molecule has 1 heterocycles. The lowest BCUT2D eigenvalue weighted by atomic mass is 10.2. The molecule has 0 aliphatic carbocycles. The van der Waals surface area contributed by atoms with Gasteiger partial charge in [0.15, 0.2) is 11.7 Å². The van der Waals surface area contributed by atoms with Crippen LogP contribution < -0.4 is 4.74 Å². The van der Waals surface area contributed by atoms with E-state index in [1.807, 2.05) is 0 Å². The van der Waals surface area contributed by atoms with E-state index in [-0.39, 0.29) is 17.2 Å². The first-order valence-corrected chi connectivity index (χ1v) is 7.37. The number of aromatic nitrogens is 1. The van der Waals surface area contributed by atoms with E-state index in [1.54, 1.807) is 6.92 Å². The van der Waals surface area contributed by atoms with E-state index in [2.05, 4.69) is 4.98 Å². The van der Waals surface area contributed by atoms with Crippen LogP contribution in [0.4, 0.5) is 22.0 Å². The normalized spacial score (nSPS) is 13.2. The number of nitrogens with zero attached hydrogens (tertiary/aromatic N) is 1. The minimum Gasteiger partial charge on any atom is -0.481 e. The molecule has 1 unspecified atom stereocenters. The molecule has 3 aromatic rings. The Bertz CT molecular complexity index is 904. The molecule has 3 nitrogen and oxygen atoms in total. The molecule has 25 heavy (non-hydrogen) atoms. The molecule has 0 bridgehead atoms. The number of ether oxygens (including phenoxy) is 1. The van der Waals surface area contributed by atoms with Crippen LogP contribution in [-0.2, 0) is 6.18 Å². The van der Waals surface area contributed by atoms with Crippen LogP contribution in [0, 0.1) is 11.6 Å². The summed E-state index contributed by atoms with van der Waals surface area (Å²) in [7, 11) is 0. The molecule has 0 N–H and O–H groups in total. The Morgan fingerprint density at radius 1 is 1.12 bits per heavy atom. The quantitative estimate of drug-likeness (QED) is 0.566. The maximum absolute atomic E-state index is 13.3. The third-order valence-corrected chi connectivity index (χ3v) is 3.53. The van der Waals surface area contributed by atoms with Gasteiger partial charge in [0.1, 0.15) is 22.9 Å². The second-order valence-electron chi connectivity index (χ2n) is 5.32. The average molecular weight is 357 g/mol. The van der Waals surface area contributed by atoms with Crippen LogP contribution in [0.3, 0.4) is 0 Å². The number of hydrogen-bond donors (Lipinski definition) is 0. The first-order valence-electron chi connectivity index (χ1n) is 7.37. The highest BCUT2D eigenvalue weighted by molar-refractivity contribution is 5.72. The van der Waals surface area contributed by atoms with E-state index in [9.17, 15) is 22.0 Å². The SMILES string of the molecule is CCC(Oc1ccc(F)c(C(F)(F)F)c1)c1nc2cc(F)ccc2o1. The lowest BCUT2D eigenvalue weighted by Gasteiger charge is -2.16. The topological polar surface area (TPSA) is 35.3 Å². The van der Waals surface area contributed by atoms with Gasteiger partial charge in [0.2, 0.25) is 5.89 Å². The van der Waals surface area contributed by atoms with Gasteiger partial charge in [0.25, 0.3) is 0 Å². The van der Waals surface area contributed by atoms with Gasteiger partial charge in [-0.25, -0.2) is 13.8 Å². The van der Waals surface area contributed by atoms with E-state index >= 15 is 0 Å². The van der Waals surface area contributed by atoms with Gasteiger partial charge >= 0.3 is 6.18 Å². The fourth-order valence-electron chi connectivity index (χ4n) is 2.32. The van der Waals surface area contributed by atoms with E-state index in [4.69, 9.17) is 9.15 Å². The summed E-state index contributed by atoms with van der Waals surface area (Å²) in [4.78, 5) is 4.10. The van der Waals surface area contributed by atoms with Gasteiger partial charge in [-0.15, -0.1) is 0 Å². The Labute approximate surface area is 139 Å². The Balaban J connectivity index is 1.91. The highest BCUT2D eigenvalue weighted by Gasteiger charge is 2.34. The van der Waals surface area contributed by atoms with Crippen molar-refractivity contribution in [1.82, 2.24) is 4.98 Å². The van der Waals surface area contributed by atoms with Gasteiger partial charge in [-0.3, -0.25) is 0 Å². The molecule has 132 valence electrons. The summed E-state index contributed by atoms with van der Waals surface area (Å²) in [6.07, 6.45) is -5.31. The van der Waals surface area contributed by atoms with Gasteiger partial charge in [-0.2, -0.15) is 13.2 Å². The van der Waals surface area contributed by atoms with Crippen molar-refractivity contribution in [1.29, 1.82) is 0 Å². The van der Waals surface area contributed by atoms with Crippen molar-refractivity contribution in [3.8, 4) is 5.75 Å². The summed E-state index contributed by atoms with van der Waals surface area (Å²) in [6, 6.07) is 6.14. The zero-order chi connectivity index (χ0) is 18.2. The average Bonchev–Trinajstić information content (AvgIpc) is 2.95. The maximum atomic E-state index is 13.3. The summed E-state index contributed by atoms with van der Waals surface area (Å²) in [5, 5.41) is 0. The molecule has 0 amide bonds. The van der Waals surface area contributed by atoms with Crippen molar-refractivity contribution in [3.05, 3.63) is 59.5 Å². The zero-order valence-corrected chi connectivity index (χ0v) is 12.9. The molecule has 1 aromatic heterocycles. The lowest BCUT2D eigenvalue weighted by Crippen LogP contribution is -2.11. The second kappa shape index (κ2) is 6.34. The minimum atomic E-state index is -4.83. The molecule has 0 spiro atoms. The molecular formula is C17H12F5NO2. The van der Waals surface area contributed by atoms with Crippen LogP contribution in [0.5, 0.6) is 5.75 Å². The Kier molecular flexibility index (Phi) is 4.36. The summed E-state index contributed by atoms with van der Waals surface area (Å²) >= 11 is 0. The number of oxazole rings is 1. The predicted octanol–water partition coefficient (Wildman–Crippen LogP) is 5.65. The van der Waals surface area contributed by atoms with Gasteiger partial charge in [-0.05, 0) is 36.8 Å². The summed E-state index contributed by atoms with van der Waals surface area (Å²) < 4.78 is 75.9. The van der Waals surface area contributed by atoms with Crippen molar-refractivity contribution in [3.63, 3.8) is 0 Å². The molecule has 0 aliphatic heterocycles. The van der Waals surface area contributed by atoms with Crippen molar-refractivity contribution >= 4 is 11.1 Å². The number of hydrogen-bond acceptors (Lipinski definition) is 3. The second-order valence-corrected chi connectivity index (χ2v) is 5.32. The van der Waals surface area contributed by atoms with Gasteiger partial charge in [-0.1, -0.05) is 6.92 Å². The Morgan fingerprint density at radius 3 is 2.56 bits per heavy atom. The van der Waals surface area contributed by atoms with E-state index in [1.165, 1.54) is 18.2 Å². The van der Waals surface area contributed by atoms with E-state index in [0.717, 1.165) is 6.07 Å². The molecule has 0 saturated carbocycles. The molecule has 2 aromatic carbocycles. The zero-order valence-electron chi connectivity index (χ0n) is 12.9. The van der Waals surface area contributed by atoms with Gasteiger partial charge in [0.05, 0.1) is 5.56 Å². The summed E-state index contributed by atoms with van der Waals surface area (Å²) in [5.41, 5.74) is -0.819. The molecule has 0 radical (unpaired) electrons. The number of rotatable bonds is 4. The van der Waals surface area contributed by atoms with Crippen LogP contribution >= 0.6 is 0 Å². The van der Waals surface area contributed by atoms with Gasteiger partial charge < -0.3 is 9.15 Å². The third-order valence-electron chi connectivity index (χ3n) is 3.53. The predicted molar refractivity (Wildman–Crippen MR) is 79.0 cm³/mol. The number of fused-ring (bicyclic) bond motifs is 1. The molecular weight excluding hydrogens is 345 g/mol. The summed E-state index contributed by atoms with van der Waals surface area (Å²) in [5.74, 6) is -1.95. The summed E-state index contributed by atoms with van der Waals surface area (Å²) in [6.45, 7) is 1.72. The van der Waals surface area contributed by atoms with Crippen molar-refractivity contribution in [2.45, 2.75) is 25.6 Å². The maximum Gasteiger partial charge on any atom is 0.419 e. The highest BCUT2D eigenvalue weighted by atomic mass is 19.4. The molecule has 3 rings (SSSR count). The number of halogens is 5.